The fourth-order valence-corrected chi connectivity index (χ4v) is 3.95. The molecule has 2 heterocycles. The molecule has 3 N–H and O–H groups in total. The number of carboxylic acids is 1. The van der Waals surface area contributed by atoms with Gasteiger partial charge in [-0.1, -0.05) is 11.8 Å². The lowest BCUT2D eigenvalue weighted by Crippen LogP contribution is -2.68. The zero-order chi connectivity index (χ0) is 12.7. The summed E-state index contributed by atoms with van der Waals surface area (Å²) in [5.41, 5.74) is 5.49. The van der Waals surface area contributed by atoms with E-state index in [9.17, 15) is 14.4 Å². The van der Waals surface area contributed by atoms with Crippen molar-refractivity contribution in [2.75, 3.05) is 5.75 Å². The molecular formula is C9H10N2O4S2. The number of β-lactam (4-membered cyclic amide) rings is 1. The first kappa shape index (κ1) is 12.5. The molecule has 0 aromatic carbocycles. The molecule has 17 heavy (non-hydrogen) atoms. The van der Waals surface area contributed by atoms with Crippen molar-refractivity contribution in [2.45, 2.75) is 18.3 Å². The molecule has 1 fully saturated rings. The van der Waals surface area contributed by atoms with Gasteiger partial charge in [0.1, 0.15) is 17.1 Å². The number of amides is 1. The largest absolute Gasteiger partial charge is 0.477 e. The highest BCUT2D eigenvalue weighted by Crippen LogP contribution is 2.42. The first-order valence-corrected chi connectivity index (χ1v) is 6.65. The Balaban J connectivity index is 2.36. The van der Waals surface area contributed by atoms with Crippen molar-refractivity contribution in [1.29, 1.82) is 0 Å². The van der Waals surface area contributed by atoms with Crippen molar-refractivity contribution in [2.24, 2.45) is 5.73 Å². The minimum Gasteiger partial charge on any atom is -0.477 e. The van der Waals surface area contributed by atoms with E-state index in [1.54, 1.807) is 0 Å². The van der Waals surface area contributed by atoms with Crippen molar-refractivity contribution in [3.8, 4) is 0 Å². The maximum absolute atomic E-state index is 11.5. The molecule has 6 nitrogen and oxygen atoms in total. The third kappa shape index (κ3) is 1.96. The molecule has 0 aliphatic carbocycles. The quantitative estimate of drug-likeness (QED) is 0.673. The van der Waals surface area contributed by atoms with E-state index in [4.69, 9.17) is 10.8 Å². The minimum absolute atomic E-state index is 0.0966. The van der Waals surface area contributed by atoms with Crippen LogP contribution < -0.4 is 5.73 Å². The van der Waals surface area contributed by atoms with E-state index in [0.29, 0.717) is 10.7 Å². The molecule has 0 unspecified atom stereocenters. The van der Waals surface area contributed by atoms with Crippen LogP contribution in [0.25, 0.3) is 0 Å². The molecule has 1 saturated heterocycles. The van der Waals surface area contributed by atoms with Crippen molar-refractivity contribution >= 4 is 40.5 Å². The van der Waals surface area contributed by atoms with Crippen LogP contribution in [0.1, 0.15) is 6.92 Å². The smallest absolute Gasteiger partial charge is 0.353 e. The van der Waals surface area contributed by atoms with Gasteiger partial charge in [0.05, 0.1) is 0 Å². The topological polar surface area (TPSA) is 101 Å². The number of carbonyl (C=O) groups is 3. The average molecular weight is 274 g/mol. The van der Waals surface area contributed by atoms with Crippen LogP contribution in [0.5, 0.6) is 0 Å². The number of hydrogen-bond acceptors (Lipinski definition) is 6. The lowest BCUT2D eigenvalue weighted by atomic mass is 10.1. The van der Waals surface area contributed by atoms with Gasteiger partial charge in [-0.2, -0.15) is 0 Å². The summed E-state index contributed by atoms with van der Waals surface area (Å²) in [7, 11) is 0. The van der Waals surface area contributed by atoms with Crippen molar-refractivity contribution in [3.63, 3.8) is 0 Å². The lowest BCUT2D eigenvalue weighted by molar-refractivity contribution is -0.147. The van der Waals surface area contributed by atoms with E-state index in [-0.39, 0.29) is 16.2 Å². The second-order valence-electron chi connectivity index (χ2n) is 3.61. The molecule has 2 atom stereocenters. The zero-order valence-corrected chi connectivity index (χ0v) is 10.5. The molecule has 0 bridgehead atoms. The lowest BCUT2D eigenvalue weighted by Gasteiger charge is -2.47. The number of nitrogens with two attached hydrogens (primary N) is 1. The van der Waals surface area contributed by atoms with Gasteiger partial charge < -0.3 is 10.8 Å². The van der Waals surface area contributed by atoms with Crippen molar-refractivity contribution < 1.29 is 19.5 Å². The molecule has 0 spiro atoms. The number of carboxylic acid groups (broad SMARTS) is 1. The number of thioether (sulfide) groups is 2. The number of carbonyl (C=O) groups excluding carboxylic acids is 2. The second-order valence-corrected chi connectivity index (χ2v) is 5.98. The average Bonchev–Trinajstić information content (AvgIpc) is 2.26. The van der Waals surface area contributed by atoms with Crippen LogP contribution in [0, 0.1) is 0 Å². The van der Waals surface area contributed by atoms with Crippen LogP contribution in [0.3, 0.4) is 0 Å². The fraction of sp³-hybridized carbons (Fsp3) is 0.444. The van der Waals surface area contributed by atoms with Gasteiger partial charge in [0.25, 0.3) is 0 Å². The van der Waals surface area contributed by atoms with Gasteiger partial charge in [0.2, 0.25) is 5.91 Å². The van der Waals surface area contributed by atoms with Crippen LogP contribution in [-0.4, -0.2) is 44.2 Å². The number of aliphatic carboxylic acids is 1. The van der Waals surface area contributed by atoms with Crippen LogP contribution in [-0.2, 0) is 14.4 Å². The van der Waals surface area contributed by atoms with Crippen molar-refractivity contribution in [1.82, 2.24) is 4.90 Å². The van der Waals surface area contributed by atoms with Crippen molar-refractivity contribution in [3.05, 3.63) is 10.6 Å². The summed E-state index contributed by atoms with van der Waals surface area (Å²) in [4.78, 5) is 35.3. The molecule has 8 heteroatoms. The Labute approximate surface area is 106 Å². The van der Waals surface area contributed by atoms with E-state index in [1.165, 1.54) is 23.6 Å². The first-order valence-electron chi connectivity index (χ1n) is 4.78. The minimum atomic E-state index is -1.20. The fourth-order valence-electron chi connectivity index (χ4n) is 1.74. The third-order valence-corrected chi connectivity index (χ3v) is 4.80. The third-order valence-electron chi connectivity index (χ3n) is 2.44. The highest BCUT2D eigenvalue weighted by molar-refractivity contribution is 8.17. The Kier molecular flexibility index (Phi) is 3.19. The number of hydrogen-bond donors (Lipinski definition) is 2. The molecular weight excluding hydrogens is 264 g/mol. The van der Waals surface area contributed by atoms with Gasteiger partial charge in [0.15, 0.2) is 5.12 Å². The maximum atomic E-state index is 11.5. The van der Waals surface area contributed by atoms with E-state index < -0.39 is 17.9 Å². The standard InChI is InChI=1S/C9H10N2O4S2/c1-3(12)17-4-2-16-8-5(10)7(13)11(8)6(4)9(14)15/h5,8H,2,10H2,1H3,(H,14,15)/t5-,8-/m1/s1. The second kappa shape index (κ2) is 4.35. The van der Waals surface area contributed by atoms with Crippen LogP contribution >= 0.6 is 23.5 Å². The summed E-state index contributed by atoms with van der Waals surface area (Å²) in [6, 6.07) is -0.641. The van der Waals surface area contributed by atoms with E-state index in [1.807, 2.05) is 0 Å². The summed E-state index contributed by atoms with van der Waals surface area (Å²) < 4.78 is 0. The maximum Gasteiger partial charge on any atom is 0.353 e. The predicted octanol–water partition coefficient (Wildman–Crippen LogP) is -0.195. The first-order chi connectivity index (χ1) is 7.93. The Bertz CT molecular complexity index is 448. The summed E-state index contributed by atoms with van der Waals surface area (Å²) >= 11 is 2.24. The molecule has 2 aliphatic rings. The predicted molar refractivity (Wildman–Crippen MR) is 64.0 cm³/mol. The Morgan fingerprint density at radius 3 is 2.76 bits per heavy atom. The zero-order valence-electron chi connectivity index (χ0n) is 8.87. The summed E-state index contributed by atoms with van der Waals surface area (Å²) in [5.74, 6) is -1.20. The highest BCUT2D eigenvalue weighted by atomic mass is 32.2. The summed E-state index contributed by atoms with van der Waals surface area (Å²) in [6.07, 6.45) is 0. The van der Waals surface area contributed by atoms with Gasteiger partial charge in [-0.15, -0.1) is 11.8 Å². The Morgan fingerprint density at radius 2 is 2.24 bits per heavy atom. The SMILES string of the molecule is CC(=O)SC1=C(C(=O)O)N2C(=O)[C@@H](N)[C@H]2SC1. The van der Waals surface area contributed by atoms with Crippen LogP contribution in [0.15, 0.2) is 10.6 Å². The van der Waals surface area contributed by atoms with Gasteiger partial charge in [-0.3, -0.25) is 14.5 Å². The molecule has 2 aliphatic heterocycles. The monoisotopic (exact) mass is 274 g/mol. The number of rotatable bonds is 2. The summed E-state index contributed by atoms with van der Waals surface area (Å²) in [5, 5.41) is 8.61. The normalized spacial score (nSPS) is 27.6. The van der Waals surface area contributed by atoms with Gasteiger partial charge in [-0.05, 0) is 0 Å². The molecule has 0 aromatic rings. The molecule has 92 valence electrons. The molecule has 0 aromatic heterocycles. The highest BCUT2D eigenvalue weighted by Gasteiger charge is 2.51. The van der Waals surface area contributed by atoms with Gasteiger partial charge >= 0.3 is 5.97 Å². The molecule has 2 rings (SSSR count). The van der Waals surface area contributed by atoms with E-state index >= 15 is 0 Å². The molecule has 0 radical (unpaired) electrons. The van der Waals surface area contributed by atoms with Gasteiger partial charge in [-0.25, -0.2) is 4.79 Å². The summed E-state index contributed by atoms with van der Waals surface area (Å²) in [6.45, 7) is 1.36. The number of nitrogens with zero attached hydrogens (tertiary/aromatic N) is 1. The molecule has 1 amide bonds. The number of fused-ring (bicyclic) bond motifs is 1. The van der Waals surface area contributed by atoms with Crippen LogP contribution in [0.2, 0.25) is 0 Å². The van der Waals surface area contributed by atoms with Gasteiger partial charge in [0, 0.05) is 17.6 Å². The van der Waals surface area contributed by atoms with Crippen LogP contribution in [0.4, 0.5) is 0 Å². The van der Waals surface area contributed by atoms with E-state index in [2.05, 4.69) is 0 Å². The Hall–Kier alpha value is -0.990. The van der Waals surface area contributed by atoms with E-state index in [0.717, 1.165) is 11.8 Å². The molecule has 0 saturated carbocycles. The Morgan fingerprint density at radius 1 is 1.59 bits per heavy atom.